The van der Waals surface area contributed by atoms with Crippen LogP contribution in [0.1, 0.15) is 25.0 Å². The van der Waals surface area contributed by atoms with Gasteiger partial charge in [-0.05, 0) is 24.1 Å². The average molecular weight is 286 g/mol. The van der Waals surface area contributed by atoms with Gasteiger partial charge in [-0.2, -0.15) is 18.4 Å². The van der Waals surface area contributed by atoms with Gasteiger partial charge in [0.15, 0.2) is 0 Å². The van der Waals surface area contributed by atoms with Gasteiger partial charge in [-0.1, -0.05) is 13.8 Å². The van der Waals surface area contributed by atoms with Gasteiger partial charge in [-0.25, -0.2) is 4.79 Å². The number of aliphatic carboxylic acids is 1. The second-order valence-electron chi connectivity index (χ2n) is 4.57. The first kappa shape index (κ1) is 15.8. The molecule has 0 aliphatic carbocycles. The summed E-state index contributed by atoms with van der Waals surface area (Å²) in [7, 11) is 0. The molecule has 0 saturated heterocycles. The van der Waals surface area contributed by atoms with Gasteiger partial charge >= 0.3 is 12.1 Å². The van der Waals surface area contributed by atoms with E-state index in [-0.39, 0.29) is 11.6 Å². The third-order valence-corrected chi connectivity index (χ3v) is 2.70. The maximum Gasteiger partial charge on any atom is 0.417 e. The van der Waals surface area contributed by atoms with Crippen molar-refractivity contribution in [3.05, 3.63) is 29.3 Å². The van der Waals surface area contributed by atoms with Crippen LogP contribution >= 0.6 is 0 Å². The summed E-state index contributed by atoms with van der Waals surface area (Å²) in [5.74, 6) is -1.38. The lowest BCUT2D eigenvalue weighted by atomic mass is 10.0. The molecule has 0 amide bonds. The van der Waals surface area contributed by atoms with Gasteiger partial charge in [0.25, 0.3) is 0 Å². The van der Waals surface area contributed by atoms with Crippen molar-refractivity contribution in [3.8, 4) is 6.07 Å². The minimum Gasteiger partial charge on any atom is -0.480 e. The minimum absolute atomic E-state index is 0.163. The number of anilines is 1. The fourth-order valence-electron chi connectivity index (χ4n) is 1.67. The molecule has 1 unspecified atom stereocenters. The number of nitriles is 1. The van der Waals surface area contributed by atoms with Crippen molar-refractivity contribution >= 4 is 11.7 Å². The van der Waals surface area contributed by atoms with Gasteiger partial charge in [0, 0.05) is 5.69 Å². The lowest BCUT2D eigenvalue weighted by Gasteiger charge is -2.20. The van der Waals surface area contributed by atoms with Crippen molar-refractivity contribution in [1.29, 1.82) is 5.26 Å². The Kier molecular flexibility index (Phi) is 4.61. The normalized spacial score (nSPS) is 12.8. The number of nitrogens with zero attached hydrogens (tertiary/aromatic N) is 1. The SMILES string of the molecule is CC(C)C(Nc1ccc(C(F)(F)F)c(C#N)c1)C(=O)O. The number of carbonyl (C=O) groups is 1. The Bertz CT molecular complexity index is 548. The fourth-order valence-corrected chi connectivity index (χ4v) is 1.67. The number of hydrogen-bond acceptors (Lipinski definition) is 3. The zero-order valence-corrected chi connectivity index (χ0v) is 10.8. The molecule has 4 nitrogen and oxygen atoms in total. The highest BCUT2D eigenvalue weighted by Crippen LogP contribution is 2.33. The van der Waals surface area contributed by atoms with E-state index < -0.39 is 29.3 Å². The molecule has 7 heteroatoms. The number of carboxylic acids is 1. The van der Waals surface area contributed by atoms with E-state index in [9.17, 15) is 18.0 Å². The summed E-state index contributed by atoms with van der Waals surface area (Å²) in [6, 6.07) is 3.40. The first-order chi connectivity index (χ1) is 9.16. The molecule has 0 aromatic heterocycles. The van der Waals surface area contributed by atoms with Gasteiger partial charge in [-0.15, -0.1) is 0 Å². The number of rotatable bonds is 4. The van der Waals surface area contributed by atoms with Crippen molar-refractivity contribution in [3.63, 3.8) is 0 Å². The molecule has 0 radical (unpaired) electrons. The first-order valence-electron chi connectivity index (χ1n) is 5.77. The molecule has 0 spiro atoms. The summed E-state index contributed by atoms with van der Waals surface area (Å²) in [5, 5.41) is 20.4. The van der Waals surface area contributed by atoms with E-state index >= 15 is 0 Å². The summed E-state index contributed by atoms with van der Waals surface area (Å²) >= 11 is 0. The van der Waals surface area contributed by atoms with E-state index in [4.69, 9.17) is 10.4 Å². The third-order valence-electron chi connectivity index (χ3n) is 2.70. The molecule has 0 fully saturated rings. The molecule has 1 rings (SSSR count). The Morgan fingerprint density at radius 2 is 2.00 bits per heavy atom. The van der Waals surface area contributed by atoms with Crippen LogP contribution in [0.15, 0.2) is 18.2 Å². The number of halogens is 3. The topological polar surface area (TPSA) is 73.1 Å². The molecule has 0 heterocycles. The van der Waals surface area contributed by atoms with Crippen LogP contribution in [0, 0.1) is 17.2 Å². The fraction of sp³-hybridized carbons (Fsp3) is 0.385. The summed E-state index contributed by atoms with van der Waals surface area (Å²) in [4.78, 5) is 11.0. The smallest absolute Gasteiger partial charge is 0.417 e. The van der Waals surface area contributed by atoms with Gasteiger partial charge in [0.1, 0.15) is 6.04 Å². The van der Waals surface area contributed by atoms with Crippen LogP contribution in [0.3, 0.4) is 0 Å². The Balaban J connectivity index is 3.12. The first-order valence-corrected chi connectivity index (χ1v) is 5.77. The van der Waals surface area contributed by atoms with E-state index in [1.807, 2.05) is 0 Å². The third kappa shape index (κ3) is 3.63. The largest absolute Gasteiger partial charge is 0.480 e. The molecular weight excluding hydrogens is 273 g/mol. The number of alkyl halides is 3. The van der Waals surface area contributed by atoms with E-state index in [0.29, 0.717) is 0 Å². The highest BCUT2D eigenvalue weighted by Gasteiger charge is 2.33. The summed E-state index contributed by atoms with van der Waals surface area (Å²) < 4.78 is 37.9. The van der Waals surface area contributed by atoms with Crippen LogP contribution in [0.4, 0.5) is 18.9 Å². The lowest BCUT2D eigenvalue weighted by molar-refractivity contribution is -0.139. The van der Waals surface area contributed by atoms with Crippen molar-refractivity contribution < 1.29 is 23.1 Å². The van der Waals surface area contributed by atoms with E-state index in [1.165, 1.54) is 6.07 Å². The van der Waals surface area contributed by atoms with E-state index in [0.717, 1.165) is 18.2 Å². The van der Waals surface area contributed by atoms with Crippen LogP contribution in [0.5, 0.6) is 0 Å². The quantitative estimate of drug-likeness (QED) is 0.892. The predicted molar refractivity (Wildman–Crippen MR) is 66.0 cm³/mol. The van der Waals surface area contributed by atoms with Gasteiger partial charge < -0.3 is 10.4 Å². The second kappa shape index (κ2) is 5.82. The maximum atomic E-state index is 12.6. The predicted octanol–water partition coefficient (Wildman–Crippen LogP) is 3.10. The van der Waals surface area contributed by atoms with Gasteiger partial charge in [0.2, 0.25) is 0 Å². The zero-order valence-electron chi connectivity index (χ0n) is 10.8. The monoisotopic (exact) mass is 286 g/mol. The number of nitrogens with one attached hydrogen (secondary N) is 1. The molecule has 20 heavy (non-hydrogen) atoms. The Morgan fingerprint density at radius 1 is 1.40 bits per heavy atom. The summed E-state index contributed by atoms with van der Waals surface area (Å²) in [6.07, 6.45) is -4.62. The van der Waals surface area contributed by atoms with Crippen LogP contribution < -0.4 is 5.32 Å². The zero-order chi connectivity index (χ0) is 15.5. The van der Waals surface area contributed by atoms with Crippen LogP contribution in [0.2, 0.25) is 0 Å². The van der Waals surface area contributed by atoms with Crippen LogP contribution in [-0.2, 0) is 11.0 Å². The standard InChI is InChI=1S/C13H13F3N2O2/c1-7(2)11(12(19)20)18-9-3-4-10(13(14,15)16)8(5-9)6-17/h3-5,7,11,18H,1-2H3,(H,19,20). The summed E-state index contributed by atoms with van der Waals surface area (Å²) in [6.45, 7) is 3.34. The number of carboxylic acid groups (broad SMARTS) is 1. The second-order valence-corrected chi connectivity index (χ2v) is 4.57. The highest BCUT2D eigenvalue weighted by atomic mass is 19.4. The maximum absolute atomic E-state index is 12.6. The molecule has 1 aromatic carbocycles. The van der Waals surface area contributed by atoms with Crippen molar-refractivity contribution in [2.75, 3.05) is 5.32 Å². The van der Waals surface area contributed by atoms with Crippen molar-refractivity contribution in [2.45, 2.75) is 26.1 Å². The van der Waals surface area contributed by atoms with Gasteiger partial charge in [-0.3, -0.25) is 0 Å². The lowest BCUT2D eigenvalue weighted by Crippen LogP contribution is -2.34. The van der Waals surface area contributed by atoms with E-state index in [2.05, 4.69) is 5.32 Å². The molecule has 0 aliphatic rings. The van der Waals surface area contributed by atoms with Crippen LogP contribution in [-0.4, -0.2) is 17.1 Å². The molecule has 2 N–H and O–H groups in total. The number of hydrogen-bond donors (Lipinski definition) is 2. The molecule has 0 aliphatic heterocycles. The molecule has 1 aromatic rings. The summed E-state index contributed by atoms with van der Waals surface area (Å²) in [5.41, 5.74) is -1.42. The Labute approximate surface area is 113 Å². The molecule has 108 valence electrons. The molecule has 1 atom stereocenters. The Morgan fingerprint density at radius 3 is 2.40 bits per heavy atom. The molecule has 0 bridgehead atoms. The highest BCUT2D eigenvalue weighted by molar-refractivity contribution is 5.77. The average Bonchev–Trinajstić information content (AvgIpc) is 2.33. The minimum atomic E-state index is -4.62. The number of benzene rings is 1. The van der Waals surface area contributed by atoms with Gasteiger partial charge in [0.05, 0.1) is 17.2 Å². The van der Waals surface area contributed by atoms with Crippen LogP contribution in [0.25, 0.3) is 0 Å². The Hall–Kier alpha value is -2.23. The van der Waals surface area contributed by atoms with E-state index in [1.54, 1.807) is 13.8 Å². The van der Waals surface area contributed by atoms with Crippen molar-refractivity contribution in [2.24, 2.45) is 5.92 Å². The van der Waals surface area contributed by atoms with Crippen molar-refractivity contribution in [1.82, 2.24) is 0 Å². The molecule has 0 saturated carbocycles. The molecular formula is C13H13F3N2O2.